The average Bonchev–Trinajstić information content (AvgIpc) is 1.85. The predicted octanol–water partition coefficient (Wildman–Crippen LogP) is -10.9. The third kappa shape index (κ3) is 26.7. The van der Waals surface area contributed by atoms with E-state index in [-0.39, 0.29) is 213 Å². The molecule has 8 heteroatoms. The molecule has 0 spiro atoms. The van der Waals surface area contributed by atoms with Gasteiger partial charge in [-0.05, 0) is 6.42 Å². The Morgan fingerprint density at radius 1 is 0.929 bits per heavy atom. The first kappa shape index (κ1) is 28.4. The van der Waals surface area contributed by atoms with Gasteiger partial charge in [0.1, 0.15) is 0 Å². The quantitative estimate of drug-likeness (QED) is 0.233. The van der Waals surface area contributed by atoms with Crippen molar-refractivity contribution in [3.63, 3.8) is 0 Å². The van der Waals surface area contributed by atoms with Crippen molar-refractivity contribution in [2.45, 2.75) is 32.6 Å². The van der Waals surface area contributed by atoms with E-state index < -0.39 is 9.05 Å². The molecule has 0 unspecified atom stereocenters. The molecule has 0 aromatic heterocycles. The van der Waals surface area contributed by atoms with E-state index in [0.29, 0.717) is 6.42 Å². The molecule has 0 atom stereocenters. The third-order valence-corrected chi connectivity index (χ3v) is 1.83. The van der Waals surface area contributed by atoms with Crippen molar-refractivity contribution >= 4 is 9.05 Å². The topological polar surface area (TPSA) is 78.4 Å². The maximum absolute atomic E-state index is 9.94. The van der Waals surface area contributed by atoms with Gasteiger partial charge < -0.3 is 18.8 Å². The molecule has 0 N–H and O–H groups in total. The molecule has 0 aromatic carbocycles. The number of unbranched alkanes of at least 4 members (excludes halogenated alkanes) is 3. The number of hydrogen-bond acceptors (Lipinski definition) is 4. The van der Waals surface area contributed by atoms with Gasteiger partial charge in [0.05, 0.1) is 0 Å². The van der Waals surface area contributed by atoms with Crippen molar-refractivity contribution < 1.29 is 225 Å². The van der Waals surface area contributed by atoms with E-state index in [1.807, 2.05) is 0 Å². The fourth-order valence-corrected chi connectivity index (χ4v) is 1.12. The summed E-state index contributed by atoms with van der Waals surface area (Å²) in [7, 11) is -4.97. The van der Waals surface area contributed by atoms with E-state index in [2.05, 4.69) is 11.3 Å². The molecule has 0 heterocycles. The van der Waals surface area contributed by atoms with Crippen LogP contribution < -0.4 is 221 Å². The standard InChI is InChI=1S/C6H13O4Si.3Cs/c1-2-3-4-5-6-10-11(7,8)9;;;/h2-6H2,1H3;;;/q-3;3*+1. The van der Waals surface area contributed by atoms with Crippen molar-refractivity contribution in [3.05, 3.63) is 0 Å². The van der Waals surface area contributed by atoms with Crippen LogP contribution in [0.15, 0.2) is 0 Å². The van der Waals surface area contributed by atoms with Gasteiger partial charge in [-0.25, -0.2) is 0 Å². The van der Waals surface area contributed by atoms with E-state index in [1.165, 1.54) is 0 Å². The van der Waals surface area contributed by atoms with Crippen molar-refractivity contribution in [1.29, 1.82) is 0 Å². The Bertz CT molecular complexity index is 102. The molecule has 0 aliphatic heterocycles. The van der Waals surface area contributed by atoms with Crippen LogP contribution in [0, 0.1) is 0 Å². The van der Waals surface area contributed by atoms with E-state index in [4.69, 9.17) is 0 Å². The smallest absolute Gasteiger partial charge is 0.861 e. The van der Waals surface area contributed by atoms with Gasteiger partial charge in [-0.2, -0.15) is 0 Å². The zero-order valence-corrected chi connectivity index (χ0v) is 29.5. The van der Waals surface area contributed by atoms with Gasteiger partial charge in [-0.1, -0.05) is 26.2 Å². The minimum atomic E-state index is -4.97. The summed E-state index contributed by atoms with van der Waals surface area (Å²) in [4.78, 5) is 29.8. The average molecular weight is 576 g/mol. The summed E-state index contributed by atoms with van der Waals surface area (Å²) in [5.41, 5.74) is 0. The Morgan fingerprint density at radius 2 is 1.43 bits per heavy atom. The molecule has 0 fully saturated rings. The molecular formula is C6H13Cs3O4Si. The van der Waals surface area contributed by atoms with Crippen LogP contribution in [0.2, 0.25) is 0 Å². The summed E-state index contributed by atoms with van der Waals surface area (Å²) in [6.45, 7) is 2.09. The van der Waals surface area contributed by atoms with Crippen molar-refractivity contribution in [2.24, 2.45) is 0 Å². The minimum absolute atomic E-state index is 0. The zero-order valence-electron chi connectivity index (χ0n) is 9.67. The molecule has 0 bridgehead atoms. The number of hydrogen-bond donors (Lipinski definition) is 0. The van der Waals surface area contributed by atoms with Gasteiger partial charge in [-0.3, -0.25) is 0 Å². The van der Waals surface area contributed by atoms with E-state index in [1.54, 1.807) is 0 Å². The van der Waals surface area contributed by atoms with Gasteiger partial charge in [0.15, 0.2) is 0 Å². The van der Waals surface area contributed by atoms with Crippen LogP contribution in [0.25, 0.3) is 0 Å². The fourth-order valence-electron chi connectivity index (χ4n) is 0.726. The summed E-state index contributed by atoms with van der Waals surface area (Å²) >= 11 is 0. The molecule has 0 radical (unpaired) electrons. The van der Waals surface area contributed by atoms with Gasteiger partial charge >= 0.3 is 207 Å². The van der Waals surface area contributed by atoms with E-state index in [9.17, 15) is 14.4 Å². The molecule has 0 saturated heterocycles. The van der Waals surface area contributed by atoms with Crippen LogP contribution in [0.3, 0.4) is 0 Å². The van der Waals surface area contributed by atoms with Gasteiger partial charge in [0.2, 0.25) is 0 Å². The zero-order chi connectivity index (χ0) is 8.74. The molecule has 0 saturated carbocycles. The van der Waals surface area contributed by atoms with Crippen LogP contribution in [0.5, 0.6) is 0 Å². The second kappa shape index (κ2) is 19.2. The van der Waals surface area contributed by atoms with E-state index in [0.717, 1.165) is 19.3 Å². The maximum atomic E-state index is 9.94. The van der Waals surface area contributed by atoms with Crippen LogP contribution in [0.1, 0.15) is 32.6 Å². The van der Waals surface area contributed by atoms with Gasteiger partial charge in [0, 0.05) is 6.61 Å². The van der Waals surface area contributed by atoms with E-state index >= 15 is 0 Å². The van der Waals surface area contributed by atoms with Crippen LogP contribution >= 0.6 is 0 Å². The molecule has 14 heavy (non-hydrogen) atoms. The first-order chi connectivity index (χ1) is 5.06. The molecule has 0 aliphatic rings. The first-order valence-corrected chi connectivity index (χ1v) is 5.45. The minimum Gasteiger partial charge on any atom is -0.861 e. The van der Waals surface area contributed by atoms with Crippen LogP contribution in [-0.2, 0) is 4.43 Å². The van der Waals surface area contributed by atoms with Crippen LogP contribution in [0.4, 0.5) is 0 Å². The monoisotopic (exact) mass is 576 g/mol. The maximum Gasteiger partial charge on any atom is 1.00 e. The summed E-state index contributed by atoms with van der Waals surface area (Å²) in [6.07, 6.45) is 3.69. The molecule has 0 amide bonds. The molecule has 68 valence electrons. The molecule has 0 rings (SSSR count). The summed E-state index contributed by atoms with van der Waals surface area (Å²) in [5, 5.41) is 0. The third-order valence-electron chi connectivity index (χ3n) is 1.28. The van der Waals surface area contributed by atoms with Gasteiger partial charge in [-0.15, -0.1) is 9.05 Å². The number of rotatable bonds is 6. The second-order valence-electron chi connectivity index (χ2n) is 2.41. The molecule has 0 aliphatic carbocycles. The fraction of sp³-hybridized carbons (Fsp3) is 1.00. The van der Waals surface area contributed by atoms with Crippen LogP contribution in [-0.4, -0.2) is 15.7 Å². The molecule has 4 nitrogen and oxygen atoms in total. The summed E-state index contributed by atoms with van der Waals surface area (Å²) < 4.78 is 4.05. The van der Waals surface area contributed by atoms with Gasteiger partial charge in [0.25, 0.3) is 0 Å². The molecular weight excluding hydrogens is 563 g/mol. The predicted molar refractivity (Wildman–Crippen MR) is 35.8 cm³/mol. The Hall–Kier alpha value is 6.21. The summed E-state index contributed by atoms with van der Waals surface area (Å²) in [5.74, 6) is 0. The second-order valence-corrected chi connectivity index (χ2v) is 3.70. The SMILES string of the molecule is CCCCCCO[Si]([O-])([O-])[O-].[Cs+].[Cs+].[Cs+]. The Kier molecular flexibility index (Phi) is 39.0. The first-order valence-electron chi connectivity index (χ1n) is 3.81. The van der Waals surface area contributed by atoms with Crippen molar-refractivity contribution in [1.82, 2.24) is 0 Å². The Morgan fingerprint density at radius 3 is 1.79 bits per heavy atom. The Balaban J connectivity index is -0.000000167. The Labute approximate surface area is 264 Å². The van der Waals surface area contributed by atoms with Crippen molar-refractivity contribution in [2.75, 3.05) is 6.61 Å². The van der Waals surface area contributed by atoms with Crippen molar-refractivity contribution in [3.8, 4) is 0 Å². The summed E-state index contributed by atoms with van der Waals surface area (Å²) in [6, 6.07) is 0. The largest absolute Gasteiger partial charge is 1.00 e. The normalized spacial score (nSPS) is 9.43. The molecule has 0 aromatic rings.